The molecule has 2 aromatic rings. The summed E-state index contributed by atoms with van der Waals surface area (Å²) in [4.78, 5) is 0. The summed E-state index contributed by atoms with van der Waals surface area (Å²) >= 11 is 0. The Kier molecular flexibility index (Phi) is 7.69. The van der Waals surface area contributed by atoms with E-state index in [-0.39, 0.29) is 0 Å². The Morgan fingerprint density at radius 2 is 1.14 bits per heavy atom. The molecule has 0 saturated carbocycles. The van der Waals surface area contributed by atoms with Gasteiger partial charge in [0.1, 0.15) is 24.7 Å². The van der Waals surface area contributed by atoms with Crippen LogP contribution in [0.5, 0.6) is 0 Å². The topological polar surface area (TPSA) is 54.0 Å². The van der Waals surface area contributed by atoms with E-state index in [0.717, 1.165) is 24.4 Å². The van der Waals surface area contributed by atoms with Gasteiger partial charge in [-0.25, -0.2) is 0 Å². The van der Waals surface area contributed by atoms with E-state index < -0.39 is 0 Å². The zero-order chi connectivity index (χ0) is 14.6. The summed E-state index contributed by atoms with van der Waals surface area (Å²) in [5.41, 5.74) is 0. The van der Waals surface area contributed by atoms with Gasteiger partial charge in [-0.05, 0) is 37.1 Å². The van der Waals surface area contributed by atoms with Gasteiger partial charge in [0, 0.05) is 26.4 Å². The van der Waals surface area contributed by atoms with E-state index in [1.165, 1.54) is 0 Å². The molecule has 2 aromatic heterocycles. The maximum Gasteiger partial charge on any atom is 0.129 e. The number of ether oxygens (including phenoxy) is 3. The predicted molar refractivity (Wildman–Crippen MR) is 76.8 cm³/mol. The first-order valence-corrected chi connectivity index (χ1v) is 7.23. The Morgan fingerprint density at radius 1 is 0.667 bits per heavy atom. The molecular formula is C16H22O5. The average Bonchev–Trinajstić information content (AvgIpc) is 3.18. The van der Waals surface area contributed by atoms with E-state index in [9.17, 15) is 0 Å². The zero-order valence-electron chi connectivity index (χ0n) is 12.2. The first-order chi connectivity index (χ1) is 10.4. The van der Waals surface area contributed by atoms with Crippen molar-refractivity contribution in [3.63, 3.8) is 0 Å². The van der Waals surface area contributed by atoms with Crippen LogP contribution in [0.1, 0.15) is 24.4 Å². The summed E-state index contributed by atoms with van der Waals surface area (Å²) in [7, 11) is 0. The third-order valence-corrected chi connectivity index (χ3v) is 2.80. The van der Waals surface area contributed by atoms with E-state index in [1.54, 1.807) is 12.5 Å². The van der Waals surface area contributed by atoms with Crippen LogP contribution in [0.3, 0.4) is 0 Å². The molecule has 0 unspecified atom stereocenters. The fourth-order valence-electron chi connectivity index (χ4n) is 1.76. The summed E-state index contributed by atoms with van der Waals surface area (Å²) < 4.78 is 26.7. The molecule has 0 aliphatic heterocycles. The number of hydrogen-bond acceptors (Lipinski definition) is 5. The smallest absolute Gasteiger partial charge is 0.129 e. The zero-order valence-corrected chi connectivity index (χ0v) is 12.2. The van der Waals surface area contributed by atoms with Crippen LogP contribution in [-0.4, -0.2) is 26.4 Å². The van der Waals surface area contributed by atoms with Crippen LogP contribution in [-0.2, 0) is 27.4 Å². The standard InChI is InChI=1S/C16H22O5/c1-5-15(20-11-1)13-18-9-3-7-17-8-4-10-19-14-16-6-2-12-21-16/h1-2,5-6,11-12H,3-4,7-10,13-14H2. The van der Waals surface area contributed by atoms with Crippen LogP contribution < -0.4 is 0 Å². The SMILES string of the molecule is c1coc(COCCCOCCCOCc2ccco2)c1. The van der Waals surface area contributed by atoms with Crippen molar-refractivity contribution in [3.8, 4) is 0 Å². The van der Waals surface area contributed by atoms with Gasteiger partial charge < -0.3 is 23.0 Å². The van der Waals surface area contributed by atoms with Gasteiger partial charge in [0.05, 0.1) is 12.5 Å². The molecule has 0 N–H and O–H groups in total. The number of furan rings is 2. The Bertz CT molecular complexity index is 393. The van der Waals surface area contributed by atoms with Crippen molar-refractivity contribution in [1.29, 1.82) is 0 Å². The first-order valence-electron chi connectivity index (χ1n) is 7.23. The number of hydrogen-bond donors (Lipinski definition) is 0. The van der Waals surface area contributed by atoms with E-state index >= 15 is 0 Å². The highest BCUT2D eigenvalue weighted by atomic mass is 16.5. The van der Waals surface area contributed by atoms with Crippen LogP contribution in [0.4, 0.5) is 0 Å². The van der Waals surface area contributed by atoms with Crippen LogP contribution in [0.2, 0.25) is 0 Å². The van der Waals surface area contributed by atoms with E-state index in [1.807, 2.05) is 24.3 Å². The van der Waals surface area contributed by atoms with E-state index in [2.05, 4.69) is 0 Å². The lowest BCUT2D eigenvalue weighted by molar-refractivity contribution is 0.0502. The van der Waals surface area contributed by atoms with Crippen molar-refractivity contribution in [2.45, 2.75) is 26.1 Å². The molecule has 0 spiro atoms. The van der Waals surface area contributed by atoms with Gasteiger partial charge in [-0.3, -0.25) is 0 Å². The van der Waals surface area contributed by atoms with Crippen LogP contribution in [0.25, 0.3) is 0 Å². The van der Waals surface area contributed by atoms with Gasteiger partial charge in [-0.15, -0.1) is 0 Å². The average molecular weight is 294 g/mol. The minimum Gasteiger partial charge on any atom is -0.467 e. The van der Waals surface area contributed by atoms with Crippen LogP contribution >= 0.6 is 0 Å². The van der Waals surface area contributed by atoms with E-state index in [4.69, 9.17) is 23.0 Å². The highest BCUT2D eigenvalue weighted by Crippen LogP contribution is 2.03. The van der Waals surface area contributed by atoms with Gasteiger partial charge >= 0.3 is 0 Å². The fraction of sp³-hybridized carbons (Fsp3) is 0.500. The molecule has 5 nitrogen and oxygen atoms in total. The lowest BCUT2D eigenvalue weighted by Gasteiger charge is -2.05. The molecular weight excluding hydrogens is 272 g/mol. The maximum absolute atomic E-state index is 5.50. The van der Waals surface area contributed by atoms with Crippen LogP contribution in [0.15, 0.2) is 45.6 Å². The summed E-state index contributed by atoms with van der Waals surface area (Å²) in [6.45, 7) is 3.80. The molecule has 0 saturated heterocycles. The highest BCUT2D eigenvalue weighted by Gasteiger charge is 1.97. The monoisotopic (exact) mass is 294 g/mol. The van der Waals surface area contributed by atoms with Gasteiger partial charge in [-0.2, -0.15) is 0 Å². The second kappa shape index (κ2) is 10.2. The summed E-state index contributed by atoms with van der Waals surface area (Å²) in [5, 5.41) is 0. The summed E-state index contributed by atoms with van der Waals surface area (Å²) in [6.07, 6.45) is 5.06. The third kappa shape index (κ3) is 7.13. The molecule has 5 heteroatoms. The predicted octanol–water partition coefficient (Wildman–Crippen LogP) is 3.40. The molecule has 21 heavy (non-hydrogen) atoms. The molecule has 0 fully saturated rings. The van der Waals surface area contributed by atoms with Crippen molar-refractivity contribution in [2.24, 2.45) is 0 Å². The molecule has 116 valence electrons. The Hall–Kier alpha value is -1.56. The fourth-order valence-corrected chi connectivity index (χ4v) is 1.76. The van der Waals surface area contributed by atoms with Crippen LogP contribution in [0, 0.1) is 0 Å². The Morgan fingerprint density at radius 3 is 1.57 bits per heavy atom. The molecule has 0 bridgehead atoms. The Labute approximate surface area is 124 Å². The van der Waals surface area contributed by atoms with Crippen molar-refractivity contribution >= 4 is 0 Å². The number of rotatable bonds is 12. The molecule has 0 radical (unpaired) electrons. The second-order valence-corrected chi connectivity index (χ2v) is 4.58. The largest absolute Gasteiger partial charge is 0.467 e. The lowest BCUT2D eigenvalue weighted by atomic mass is 10.4. The second-order valence-electron chi connectivity index (χ2n) is 4.58. The molecule has 2 heterocycles. The third-order valence-electron chi connectivity index (χ3n) is 2.80. The molecule has 0 aliphatic carbocycles. The lowest BCUT2D eigenvalue weighted by Crippen LogP contribution is -2.04. The highest BCUT2D eigenvalue weighted by molar-refractivity contribution is 4.96. The van der Waals surface area contributed by atoms with E-state index in [0.29, 0.717) is 39.6 Å². The van der Waals surface area contributed by atoms with Gasteiger partial charge in [0.2, 0.25) is 0 Å². The molecule has 0 amide bonds. The van der Waals surface area contributed by atoms with Crippen molar-refractivity contribution in [2.75, 3.05) is 26.4 Å². The van der Waals surface area contributed by atoms with Crippen molar-refractivity contribution in [1.82, 2.24) is 0 Å². The molecule has 2 rings (SSSR count). The van der Waals surface area contributed by atoms with Gasteiger partial charge in [-0.1, -0.05) is 0 Å². The Balaban J connectivity index is 1.31. The quantitative estimate of drug-likeness (QED) is 0.562. The minimum atomic E-state index is 0.521. The molecule has 0 atom stereocenters. The normalized spacial score (nSPS) is 11.0. The van der Waals surface area contributed by atoms with Crippen molar-refractivity contribution < 1.29 is 23.0 Å². The minimum absolute atomic E-state index is 0.521. The summed E-state index contributed by atoms with van der Waals surface area (Å²) in [5.74, 6) is 1.70. The van der Waals surface area contributed by atoms with Crippen molar-refractivity contribution in [3.05, 3.63) is 48.3 Å². The summed E-state index contributed by atoms with van der Waals surface area (Å²) in [6, 6.07) is 7.52. The first kappa shape index (κ1) is 15.8. The molecule has 0 aliphatic rings. The maximum atomic E-state index is 5.50. The van der Waals surface area contributed by atoms with Gasteiger partial charge in [0.25, 0.3) is 0 Å². The van der Waals surface area contributed by atoms with Gasteiger partial charge in [0.15, 0.2) is 0 Å². The molecule has 0 aromatic carbocycles.